The van der Waals surface area contributed by atoms with Crippen molar-refractivity contribution in [3.05, 3.63) is 28.8 Å². The van der Waals surface area contributed by atoms with Gasteiger partial charge < -0.3 is 9.80 Å². The highest BCUT2D eigenvalue weighted by molar-refractivity contribution is 6.33. The van der Waals surface area contributed by atoms with Crippen LogP contribution >= 0.6 is 11.6 Å². The third-order valence-electron chi connectivity index (χ3n) is 5.19. The van der Waals surface area contributed by atoms with Crippen LogP contribution in [0.5, 0.6) is 0 Å². The molecule has 0 unspecified atom stereocenters. The van der Waals surface area contributed by atoms with E-state index in [9.17, 15) is 0 Å². The number of piperidine rings is 1. The minimum atomic E-state index is 0.157. The van der Waals surface area contributed by atoms with Crippen LogP contribution in [0, 0.1) is 5.41 Å². The molecule has 0 aromatic heterocycles. The first kappa shape index (κ1) is 15.2. The number of rotatable bonds is 1. The Morgan fingerprint density at radius 1 is 1.10 bits per heavy atom. The van der Waals surface area contributed by atoms with E-state index < -0.39 is 0 Å². The molecular weight excluding hydrogens is 280 g/mol. The molecule has 1 aromatic rings. The molecule has 2 heterocycles. The van der Waals surface area contributed by atoms with Crippen LogP contribution in [0.2, 0.25) is 5.02 Å². The second-order valence-corrected chi connectivity index (χ2v) is 8.48. The van der Waals surface area contributed by atoms with E-state index in [-0.39, 0.29) is 5.41 Å². The van der Waals surface area contributed by atoms with Crippen LogP contribution < -0.4 is 4.90 Å². The molecule has 0 atom stereocenters. The zero-order valence-corrected chi connectivity index (χ0v) is 14.5. The Bertz CT molecular complexity index is 517. The maximum Gasteiger partial charge on any atom is 0.0642 e. The Morgan fingerprint density at radius 2 is 1.71 bits per heavy atom. The van der Waals surface area contributed by atoms with Crippen LogP contribution in [0.1, 0.15) is 39.2 Å². The van der Waals surface area contributed by atoms with Crippen LogP contribution in [0.15, 0.2) is 18.2 Å². The number of hydrogen-bond acceptors (Lipinski definition) is 2. The van der Waals surface area contributed by atoms with Crippen molar-refractivity contribution in [1.29, 1.82) is 0 Å². The fourth-order valence-electron chi connectivity index (χ4n) is 3.87. The minimum absolute atomic E-state index is 0.157. The van der Waals surface area contributed by atoms with Gasteiger partial charge in [0.1, 0.15) is 0 Å². The smallest absolute Gasteiger partial charge is 0.0642 e. The number of nitrogens with zero attached hydrogens (tertiary/aromatic N) is 2. The summed E-state index contributed by atoms with van der Waals surface area (Å²) in [4.78, 5) is 4.90. The van der Waals surface area contributed by atoms with E-state index in [1.54, 1.807) is 0 Å². The molecule has 0 N–H and O–H groups in total. The van der Waals surface area contributed by atoms with Crippen LogP contribution in [0.25, 0.3) is 0 Å². The third kappa shape index (κ3) is 2.93. The van der Waals surface area contributed by atoms with E-state index in [0.29, 0.717) is 5.41 Å². The summed E-state index contributed by atoms with van der Waals surface area (Å²) in [5, 5.41) is 0.907. The first-order valence-corrected chi connectivity index (χ1v) is 8.40. The molecule has 0 bridgehead atoms. The molecule has 1 spiro atoms. The fourth-order valence-corrected chi connectivity index (χ4v) is 4.17. The third-order valence-corrected chi connectivity index (χ3v) is 5.49. The second-order valence-electron chi connectivity index (χ2n) is 8.08. The van der Waals surface area contributed by atoms with E-state index in [4.69, 9.17) is 11.6 Å². The summed E-state index contributed by atoms with van der Waals surface area (Å²) in [6.07, 6.45) is 2.60. The van der Waals surface area contributed by atoms with Gasteiger partial charge in [0.2, 0.25) is 0 Å². The van der Waals surface area contributed by atoms with Gasteiger partial charge in [-0.05, 0) is 48.4 Å². The SMILES string of the molecule is CN1CC2(CCN(c3ccc(C(C)(C)C)cc3Cl)CC2)C1. The van der Waals surface area contributed by atoms with Gasteiger partial charge in [-0.1, -0.05) is 38.4 Å². The van der Waals surface area contributed by atoms with Crippen LogP contribution in [-0.2, 0) is 5.41 Å². The Kier molecular flexibility index (Phi) is 3.74. The first-order chi connectivity index (χ1) is 9.79. The van der Waals surface area contributed by atoms with E-state index in [0.717, 1.165) is 18.1 Å². The zero-order valence-electron chi connectivity index (χ0n) is 13.7. The number of anilines is 1. The molecule has 2 aliphatic heterocycles. The molecule has 3 heteroatoms. The van der Waals surface area contributed by atoms with Crippen molar-refractivity contribution in [2.45, 2.75) is 39.0 Å². The number of likely N-dealkylation sites (tertiary alicyclic amines) is 1. The summed E-state index contributed by atoms with van der Waals surface area (Å²) in [7, 11) is 2.22. The van der Waals surface area contributed by atoms with Crippen molar-refractivity contribution < 1.29 is 0 Å². The molecule has 2 aliphatic rings. The van der Waals surface area contributed by atoms with Gasteiger partial charge in [-0.3, -0.25) is 0 Å². The maximum absolute atomic E-state index is 6.56. The fraction of sp³-hybridized carbons (Fsp3) is 0.667. The average molecular weight is 307 g/mol. The Morgan fingerprint density at radius 3 is 2.19 bits per heavy atom. The molecule has 3 rings (SSSR count). The molecule has 2 nitrogen and oxygen atoms in total. The normalized spacial score (nSPS) is 22.4. The minimum Gasteiger partial charge on any atom is -0.370 e. The monoisotopic (exact) mass is 306 g/mol. The van der Waals surface area contributed by atoms with Crippen molar-refractivity contribution in [3.63, 3.8) is 0 Å². The topological polar surface area (TPSA) is 6.48 Å². The summed E-state index contributed by atoms with van der Waals surface area (Å²) >= 11 is 6.56. The summed E-state index contributed by atoms with van der Waals surface area (Å²) in [5.41, 5.74) is 3.28. The van der Waals surface area contributed by atoms with Crippen molar-refractivity contribution >= 4 is 17.3 Å². The first-order valence-electron chi connectivity index (χ1n) is 8.03. The molecule has 2 saturated heterocycles. The van der Waals surface area contributed by atoms with Gasteiger partial charge in [-0.2, -0.15) is 0 Å². The highest BCUT2D eigenvalue weighted by atomic mass is 35.5. The van der Waals surface area contributed by atoms with E-state index in [1.165, 1.54) is 37.2 Å². The maximum atomic E-state index is 6.56. The predicted octanol–water partition coefficient (Wildman–Crippen LogP) is 4.17. The number of benzene rings is 1. The Balaban J connectivity index is 1.71. The summed E-state index contributed by atoms with van der Waals surface area (Å²) in [5.74, 6) is 0. The molecule has 1 aromatic carbocycles. The lowest BCUT2D eigenvalue weighted by Crippen LogP contribution is -2.58. The molecule has 0 saturated carbocycles. The van der Waals surface area contributed by atoms with Gasteiger partial charge in [0, 0.05) is 26.2 Å². The van der Waals surface area contributed by atoms with Gasteiger partial charge in [0.15, 0.2) is 0 Å². The molecule has 116 valence electrons. The largest absolute Gasteiger partial charge is 0.370 e. The summed E-state index contributed by atoms with van der Waals surface area (Å²) in [6, 6.07) is 6.61. The lowest BCUT2D eigenvalue weighted by atomic mass is 9.72. The molecule has 0 radical (unpaired) electrons. The van der Waals surface area contributed by atoms with Crippen LogP contribution in [0.3, 0.4) is 0 Å². The van der Waals surface area contributed by atoms with Gasteiger partial charge >= 0.3 is 0 Å². The van der Waals surface area contributed by atoms with Gasteiger partial charge in [-0.25, -0.2) is 0 Å². The van der Waals surface area contributed by atoms with Crippen molar-refractivity contribution in [3.8, 4) is 0 Å². The summed E-state index contributed by atoms with van der Waals surface area (Å²) in [6.45, 7) is 11.5. The van der Waals surface area contributed by atoms with Crippen molar-refractivity contribution in [2.24, 2.45) is 5.41 Å². The van der Waals surface area contributed by atoms with E-state index in [2.05, 4.69) is 55.8 Å². The molecular formula is C18H27ClN2. The summed E-state index contributed by atoms with van der Waals surface area (Å²) < 4.78 is 0. The quantitative estimate of drug-likeness (QED) is 0.768. The average Bonchev–Trinajstić information content (AvgIpc) is 2.37. The van der Waals surface area contributed by atoms with Gasteiger partial charge in [0.05, 0.1) is 10.7 Å². The molecule has 0 amide bonds. The van der Waals surface area contributed by atoms with Gasteiger partial charge in [0.25, 0.3) is 0 Å². The highest BCUT2D eigenvalue weighted by Crippen LogP contribution is 2.42. The lowest BCUT2D eigenvalue weighted by molar-refractivity contribution is 0.00132. The van der Waals surface area contributed by atoms with Crippen LogP contribution in [0.4, 0.5) is 5.69 Å². The number of halogens is 1. The van der Waals surface area contributed by atoms with Crippen molar-refractivity contribution in [2.75, 3.05) is 38.1 Å². The highest BCUT2D eigenvalue weighted by Gasteiger charge is 2.43. The lowest BCUT2D eigenvalue weighted by Gasteiger charge is -2.53. The Labute approximate surface area is 134 Å². The van der Waals surface area contributed by atoms with Gasteiger partial charge in [-0.15, -0.1) is 0 Å². The molecule has 2 fully saturated rings. The van der Waals surface area contributed by atoms with Crippen molar-refractivity contribution in [1.82, 2.24) is 4.90 Å². The Hall–Kier alpha value is -0.730. The predicted molar refractivity (Wildman–Crippen MR) is 91.5 cm³/mol. The number of hydrogen-bond donors (Lipinski definition) is 0. The van der Waals surface area contributed by atoms with Crippen LogP contribution in [-0.4, -0.2) is 38.1 Å². The standard InChI is InChI=1S/C18H27ClN2/c1-17(2,3)14-5-6-16(15(19)11-14)21-9-7-18(8-10-21)12-20(4)13-18/h5-6,11H,7-10,12-13H2,1-4H3. The molecule has 21 heavy (non-hydrogen) atoms. The molecule has 0 aliphatic carbocycles. The van der Waals surface area contributed by atoms with E-state index in [1.807, 2.05) is 0 Å². The van der Waals surface area contributed by atoms with E-state index >= 15 is 0 Å². The zero-order chi connectivity index (χ0) is 15.3. The second kappa shape index (κ2) is 5.17.